The van der Waals surface area contributed by atoms with Crippen LogP contribution in [0.4, 0.5) is 5.69 Å². The summed E-state index contributed by atoms with van der Waals surface area (Å²) in [6.07, 6.45) is 0. The first-order chi connectivity index (χ1) is 6.27. The molecule has 4 nitrogen and oxygen atoms in total. The SMILES string of the molecule is CNc1ccccc1OB(O)OC. The smallest absolute Gasteiger partial charge is 0.510 e. The van der Waals surface area contributed by atoms with Gasteiger partial charge in [-0.3, -0.25) is 0 Å². The Morgan fingerprint density at radius 2 is 2.08 bits per heavy atom. The highest BCUT2D eigenvalue weighted by atomic mass is 16.7. The van der Waals surface area contributed by atoms with Crippen LogP contribution in [0.25, 0.3) is 0 Å². The van der Waals surface area contributed by atoms with Crippen LogP contribution < -0.4 is 9.97 Å². The van der Waals surface area contributed by atoms with Crippen LogP contribution in [0.1, 0.15) is 0 Å². The first-order valence-electron chi connectivity index (χ1n) is 3.92. The van der Waals surface area contributed by atoms with E-state index in [1.165, 1.54) is 7.11 Å². The highest BCUT2D eigenvalue weighted by Gasteiger charge is 2.16. The van der Waals surface area contributed by atoms with Crippen LogP contribution in [0, 0.1) is 0 Å². The van der Waals surface area contributed by atoms with Crippen LogP contribution in [0.3, 0.4) is 0 Å². The molecule has 70 valence electrons. The number of para-hydroxylation sites is 2. The van der Waals surface area contributed by atoms with Crippen LogP contribution in [-0.4, -0.2) is 26.5 Å². The van der Waals surface area contributed by atoms with E-state index in [1.807, 2.05) is 18.2 Å². The number of benzene rings is 1. The van der Waals surface area contributed by atoms with E-state index in [1.54, 1.807) is 13.1 Å². The predicted octanol–water partition coefficient (Wildman–Crippen LogP) is 0.731. The molecule has 2 N–H and O–H groups in total. The van der Waals surface area contributed by atoms with Crippen molar-refractivity contribution in [1.29, 1.82) is 0 Å². The average Bonchev–Trinajstić information content (AvgIpc) is 2.18. The molecule has 0 aromatic heterocycles. The summed E-state index contributed by atoms with van der Waals surface area (Å²) < 4.78 is 9.62. The first kappa shape index (κ1) is 9.89. The second kappa shape index (κ2) is 4.74. The maximum Gasteiger partial charge on any atom is 0.710 e. The van der Waals surface area contributed by atoms with Crippen molar-refractivity contribution in [2.45, 2.75) is 0 Å². The van der Waals surface area contributed by atoms with Gasteiger partial charge in [-0.2, -0.15) is 0 Å². The van der Waals surface area contributed by atoms with Gasteiger partial charge in [0.15, 0.2) is 0 Å². The Labute approximate surface area is 77.7 Å². The van der Waals surface area contributed by atoms with Crippen molar-refractivity contribution in [3.05, 3.63) is 24.3 Å². The number of nitrogens with one attached hydrogen (secondary N) is 1. The Morgan fingerprint density at radius 1 is 1.38 bits per heavy atom. The van der Waals surface area contributed by atoms with Crippen molar-refractivity contribution < 1.29 is 14.3 Å². The van der Waals surface area contributed by atoms with E-state index in [4.69, 9.17) is 9.68 Å². The molecule has 1 aromatic carbocycles. The first-order valence-corrected chi connectivity index (χ1v) is 3.92. The molecule has 0 amide bonds. The maximum atomic E-state index is 9.06. The molecule has 5 heteroatoms. The van der Waals surface area contributed by atoms with E-state index < -0.39 is 7.32 Å². The molecule has 1 aromatic rings. The van der Waals surface area contributed by atoms with Crippen molar-refractivity contribution >= 4 is 13.0 Å². The van der Waals surface area contributed by atoms with E-state index in [0.29, 0.717) is 5.75 Å². The summed E-state index contributed by atoms with van der Waals surface area (Å²) in [5.74, 6) is 0.555. The Morgan fingerprint density at radius 3 is 2.69 bits per heavy atom. The molecule has 0 saturated heterocycles. The maximum absolute atomic E-state index is 9.06. The van der Waals surface area contributed by atoms with Crippen molar-refractivity contribution in [3.8, 4) is 5.75 Å². The van der Waals surface area contributed by atoms with E-state index in [0.717, 1.165) is 5.69 Å². The lowest BCUT2D eigenvalue weighted by atomic mass is 10.2. The molecule has 0 radical (unpaired) electrons. The normalized spacial score (nSPS) is 9.46. The average molecular weight is 181 g/mol. The second-order valence-corrected chi connectivity index (χ2v) is 2.41. The highest BCUT2D eigenvalue weighted by Crippen LogP contribution is 2.23. The van der Waals surface area contributed by atoms with Crippen LogP contribution >= 0.6 is 0 Å². The quantitative estimate of drug-likeness (QED) is 0.672. The van der Waals surface area contributed by atoms with Gasteiger partial charge < -0.3 is 19.6 Å². The lowest BCUT2D eigenvalue weighted by Crippen LogP contribution is -2.24. The molecule has 0 spiro atoms. The van der Waals surface area contributed by atoms with Crippen LogP contribution in [0.5, 0.6) is 5.75 Å². The van der Waals surface area contributed by atoms with Gasteiger partial charge in [0.05, 0.1) is 5.69 Å². The van der Waals surface area contributed by atoms with Crippen molar-refractivity contribution in [2.75, 3.05) is 19.5 Å². The van der Waals surface area contributed by atoms with Crippen LogP contribution in [0.15, 0.2) is 24.3 Å². The molecule has 1 rings (SSSR count). The highest BCUT2D eigenvalue weighted by molar-refractivity contribution is 6.35. The van der Waals surface area contributed by atoms with E-state index in [9.17, 15) is 0 Å². The summed E-state index contributed by atoms with van der Waals surface area (Å²) in [5, 5.41) is 12.0. The number of rotatable bonds is 4. The van der Waals surface area contributed by atoms with E-state index >= 15 is 0 Å². The zero-order valence-corrected chi connectivity index (χ0v) is 7.65. The third-order valence-corrected chi connectivity index (χ3v) is 1.59. The molecular formula is C8H12BNO3. The zero-order valence-electron chi connectivity index (χ0n) is 7.65. The van der Waals surface area contributed by atoms with Gasteiger partial charge in [0.25, 0.3) is 0 Å². The largest absolute Gasteiger partial charge is 0.710 e. The standard InChI is InChI=1S/C8H12BNO3/c1-10-7-5-3-4-6-8(7)13-9(11)12-2/h3-6,10-11H,1-2H3. The van der Waals surface area contributed by atoms with Gasteiger partial charge in [-0.1, -0.05) is 12.1 Å². The number of hydrogen-bond donors (Lipinski definition) is 2. The van der Waals surface area contributed by atoms with Gasteiger partial charge in [-0.25, -0.2) is 0 Å². The Bertz CT molecular complexity index is 269. The summed E-state index contributed by atoms with van der Waals surface area (Å²) in [4.78, 5) is 0. The Balaban J connectivity index is 2.74. The summed E-state index contributed by atoms with van der Waals surface area (Å²) in [6.45, 7) is 0. The van der Waals surface area contributed by atoms with Gasteiger partial charge in [0.1, 0.15) is 5.75 Å². The molecule has 0 aliphatic carbocycles. The third kappa shape index (κ3) is 2.64. The van der Waals surface area contributed by atoms with Crippen LogP contribution in [0.2, 0.25) is 0 Å². The molecule has 0 unspecified atom stereocenters. The Hall–Kier alpha value is -1.20. The van der Waals surface area contributed by atoms with Gasteiger partial charge in [0.2, 0.25) is 0 Å². The minimum atomic E-state index is -1.23. The fourth-order valence-electron chi connectivity index (χ4n) is 0.933. The van der Waals surface area contributed by atoms with Gasteiger partial charge >= 0.3 is 7.32 Å². The van der Waals surface area contributed by atoms with E-state index in [2.05, 4.69) is 9.97 Å². The third-order valence-electron chi connectivity index (χ3n) is 1.59. The minimum absolute atomic E-state index is 0.555. The summed E-state index contributed by atoms with van der Waals surface area (Å²) >= 11 is 0. The number of anilines is 1. The predicted molar refractivity (Wildman–Crippen MR) is 51.6 cm³/mol. The van der Waals surface area contributed by atoms with Crippen molar-refractivity contribution in [3.63, 3.8) is 0 Å². The van der Waals surface area contributed by atoms with E-state index in [-0.39, 0.29) is 0 Å². The molecule has 0 atom stereocenters. The monoisotopic (exact) mass is 181 g/mol. The molecular weight excluding hydrogens is 169 g/mol. The van der Waals surface area contributed by atoms with Crippen molar-refractivity contribution in [2.24, 2.45) is 0 Å². The van der Waals surface area contributed by atoms with Gasteiger partial charge in [-0.05, 0) is 12.1 Å². The molecule has 13 heavy (non-hydrogen) atoms. The molecule has 0 bridgehead atoms. The molecule has 0 heterocycles. The second-order valence-electron chi connectivity index (χ2n) is 2.41. The zero-order chi connectivity index (χ0) is 9.68. The summed E-state index contributed by atoms with van der Waals surface area (Å²) in [6, 6.07) is 7.28. The Kier molecular flexibility index (Phi) is 3.61. The van der Waals surface area contributed by atoms with Gasteiger partial charge in [0, 0.05) is 14.2 Å². The lowest BCUT2D eigenvalue weighted by Gasteiger charge is -2.11. The van der Waals surface area contributed by atoms with Gasteiger partial charge in [-0.15, -0.1) is 0 Å². The van der Waals surface area contributed by atoms with Crippen molar-refractivity contribution in [1.82, 2.24) is 0 Å². The topological polar surface area (TPSA) is 50.7 Å². The summed E-state index contributed by atoms with van der Waals surface area (Å²) in [5.41, 5.74) is 0.804. The number of hydrogen-bond acceptors (Lipinski definition) is 4. The fraction of sp³-hybridized carbons (Fsp3) is 0.250. The molecule has 0 aliphatic rings. The molecule has 0 fully saturated rings. The summed E-state index contributed by atoms with van der Waals surface area (Å²) in [7, 11) is 1.92. The molecule has 0 aliphatic heterocycles. The lowest BCUT2D eigenvalue weighted by molar-refractivity contribution is 0.239. The van der Waals surface area contributed by atoms with Crippen LogP contribution in [-0.2, 0) is 4.65 Å². The minimum Gasteiger partial charge on any atom is -0.510 e. The fourth-order valence-corrected chi connectivity index (χ4v) is 0.933. The molecule has 0 saturated carbocycles.